The van der Waals surface area contributed by atoms with E-state index in [1.54, 1.807) is 12.4 Å². The smallest absolute Gasteiger partial charge is 0.146 e. The Morgan fingerprint density at radius 2 is 2.05 bits per heavy atom. The van der Waals surface area contributed by atoms with Crippen molar-refractivity contribution in [2.45, 2.75) is 52.7 Å². The number of nitrogens with zero attached hydrogens (tertiary/aromatic N) is 6. The predicted molar refractivity (Wildman–Crippen MR) is 141 cm³/mol. The molecule has 1 aliphatic heterocycles. The van der Waals surface area contributed by atoms with Gasteiger partial charge in [0.2, 0.25) is 0 Å². The summed E-state index contributed by atoms with van der Waals surface area (Å²) in [6.07, 6.45) is 4.16. The Balaban J connectivity index is 1.44. The van der Waals surface area contributed by atoms with E-state index in [1.807, 2.05) is 58.9 Å². The van der Waals surface area contributed by atoms with Crippen molar-refractivity contribution in [2.24, 2.45) is 5.92 Å². The van der Waals surface area contributed by atoms with Gasteiger partial charge in [-0.3, -0.25) is 5.10 Å². The van der Waals surface area contributed by atoms with Crippen molar-refractivity contribution in [1.82, 2.24) is 25.4 Å². The summed E-state index contributed by atoms with van der Waals surface area (Å²) in [5.41, 5.74) is 4.95. The molecule has 0 spiro atoms. The molecule has 5 rings (SSSR count). The van der Waals surface area contributed by atoms with Gasteiger partial charge in [0.15, 0.2) is 0 Å². The normalized spacial score (nSPS) is 16.7. The van der Waals surface area contributed by atoms with Gasteiger partial charge in [-0.05, 0) is 70.9 Å². The van der Waals surface area contributed by atoms with E-state index in [2.05, 4.69) is 36.3 Å². The van der Waals surface area contributed by atoms with Crippen LogP contribution in [0.5, 0.6) is 5.75 Å². The number of rotatable bonds is 6. The van der Waals surface area contributed by atoms with Crippen LogP contribution in [0.3, 0.4) is 0 Å². The van der Waals surface area contributed by atoms with Crippen LogP contribution in [0.15, 0.2) is 36.7 Å². The van der Waals surface area contributed by atoms with Crippen LogP contribution in [0, 0.1) is 31.1 Å². The lowest BCUT2D eigenvalue weighted by Crippen LogP contribution is -2.33. The Bertz CT molecular complexity index is 1480. The van der Waals surface area contributed by atoms with Gasteiger partial charge < -0.3 is 14.7 Å². The molecule has 0 radical (unpaired) electrons. The summed E-state index contributed by atoms with van der Waals surface area (Å²) >= 11 is 0. The van der Waals surface area contributed by atoms with Gasteiger partial charge in [-0.15, -0.1) is 0 Å². The number of aromatic amines is 1. The van der Waals surface area contributed by atoms with E-state index < -0.39 is 5.60 Å². The first-order chi connectivity index (χ1) is 17.7. The van der Waals surface area contributed by atoms with Crippen LogP contribution < -0.4 is 9.64 Å². The van der Waals surface area contributed by atoms with Gasteiger partial charge in [-0.25, -0.2) is 4.98 Å². The van der Waals surface area contributed by atoms with Crippen molar-refractivity contribution in [3.8, 4) is 23.1 Å². The average molecular weight is 498 g/mol. The molecule has 1 aliphatic rings. The second-order valence-electron chi connectivity index (χ2n) is 10.4. The molecule has 1 unspecified atom stereocenters. The van der Waals surface area contributed by atoms with E-state index in [-0.39, 0.29) is 12.0 Å². The maximum atomic E-state index is 10.4. The minimum Gasteiger partial charge on any atom is -0.486 e. The lowest BCUT2D eigenvalue weighted by atomic mass is 9.90. The molecule has 1 fully saturated rings. The molecule has 190 valence electrons. The zero-order valence-electron chi connectivity index (χ0n) is 21.8. The summed E-state index contributed by atoms with van der Waals surface area (Å²) < 4.78 is 6.29. The maximum absolute atomic E-state index is 10.4. The minimum atomic E-state index is -0.766. The van der Waals surface area contributed by atoms with Gasteiger partial charge in [0.25, 0.3) is 0 Å². The van der Waals surface area contributed by atoms with E-state index in [9.17, 15) is 10.4 Å². The van der Waals surface area contributed by atoms with Gasteiger partial charge in [-0.2, -0.15) is 20.6 Å². The molecular formula is C28H31N7O2. The van der Waals surface area contributed by atoms with Gasteiger partial charge in [0, 0.05) is 41.7 Å². The maximum Gasteiger partial charge on any atom is 0.146 e. The number of pyridine rings is 1. The fourth-order valence-corrected chi connectivity index (χ4v) is 5.23. The largest absolute Gasteiger partial charge is 0.486 e. The number of hydrogen-bond donors (Lipinski definition) is 2. The number of aryl methyl sites for hydroxylation is 2. The standard InChI is InChI=1S/C28H31N7O2/c1-16-13-31-32-17(2)25(16)18(3)37-22-6-7-24-23(11-22)26(34-33-24)20-10-19(12-29)27(30-14-20)35-9-8-21(15-35)28(4,5)36/h6-7,10-11,13-14,18,21,36H,8-9,15H2,1-5H3,(H,33,34)/t18-,21?/m1/s1. The van der Waals surface area contributed by atoms with Gasteiger partial charge in [0.05, 0.1) is 28.6 Å². The molecule has 0 aliphatic carbocycles. The quantitative estimate of drug-likeness (QED) is 0.395. The fourth-order valence-electron chi connectivity index (χ4n) is 5.23. The minimum absolute atomic E-state index is 0.132. The number of aliphatic hydroxyl groups is 1. The van der Waals surface area contributed by atoms with Crippen LogP contribution in [0.1, 0.15) is 55.7 Å². The second kappa shape index (κ2) is 9.45. The molecule has 4 heterocycles. The number of ether oxygens (including phenoxy) is 1. The summed E-state index contributed by atoms with van der Waals surface area (Å²) in [6, 6.07) is 9.94. The van der Waals surface area contributed by atoms with Crippen LogP contribution in [0.25, 0.3) is 22.2 Å². The summed E-state index contributed by atoms with van der Waals surface area (Å²) in [5, 5.41) is 37.0. The van der Waals surface area contributed by atoms with Gasteiger partial charge in [-0.1, -0.05) is 0 Å². The van der Waals surface area contributed by atoms with E-state index in [0.29, 0.717) is 29.4 Å². The van der Waals surface area contributed by atoms with Crippen LogP contribution in [-0.4, -0.2) is 49.2 Å². The fraction of sp³-hybridized carbons (Fsp3) is 0.393. The molecule has 9 nitrogen and oxygen atoms in total. The average Bonchev–Trinajstić information content (AvgIpc) is 3.51. The van der Waals surface area contributed by atoms with E-state index in [1.165, 1.54) is 0 Å². The number of nitriles is 1. The first kappa shape index (κ1) is 24.7. The lowest BCUT2D eigenvalue weighted by Gasteiger charge is -2.26. The number of fused-ring (bicyclic) bond motifs is 1. The molecule has 0 bridgehead atoms. The van der Waals surface area contributed by atoms with Crippen molar-refractivity contribution in [1.29, 1.82) is 5.26 Å². The molecule has 2 N–H and O–H groups in total. The van der Waals surface area contributed by atoms with Crippen LogP contribution in [-0.2, 0) is 0 Å². The molecule has 3 aromatic heterocycles. The highest BCUT2D eigenvalue weighted by Gasteiger charge is 2.34. The third kappa shape index (κ3) is 4.72. The molecule has 2 atom stereocenters. The third-order valence-corrected chi connectivity index (χ3v) is 7.27. The topological polar surface area (TPSA) is 124 Å². The van der Waals surface area contributed by atoms with E-state index in [4.69, 9.17) is 4.74 Å². The molecule has 1 aromatic carbocycles. The van der Waals surface area contributed by atoms with Gasteiger partial charge >= 0.3 is 0 Å². The summed E-state index contributed by atoms with van der Waals surface area (Å²) in [4.78, 5) is 6.75. The van der Waals surface area contributed by atoms with E-state index >= 15 is 0 Å². The molecule has 37 heavy (non-hydrogen) atoms. The monoisotopic (exact) mass is 497 g/mol. The SMILES string of the molecule is Cc1cnnc(C)c1[C@@H](C)Oc1ccc2[nH]nc(-c3cnc(N4CCC(C(C)(C)O)C4)c(C#N)c3)c2c1. The number of H-pyrrole nitrogens is 1. The van der Waals surface area contributed by atoms with Crippen LogP contribution in [0.2, 0.25) is 0 Å². The number of nitrogens with one attached hydrogen (secondary N) is 1. The van der Waals surface area contributed by atoms with Crippen molar-refractivity contribution < 1.29 is 9.84 Å². The first-order valence-corrected chi connectivity index (χ1v) is 12.5. The number of aromatic nitrogens is 5. The number of hydrogen-bond acceptors (Lipinski definition) is 8. The van der Waals surface area contributed by atoms with Gasteiger partial charge in [0.1, 0.15) is 29.4 Å². The van der Waals surface area contributed by atoms with Crippen molar-refractivity contribution in [3.63, 3.8) is 0 Å². The number of benzene rings is 1. The van der Waals surface area contributed by atoms with Crippen molar-refractivity contribution in [2.75, 3.05) is 18.0 Å². The molecule has 0 saturated carbocycles. The molecular weight excluding hydrogens is 466 g/mol. The number of anilines is 1. The lowest BCUT2D eigenvalue weighted by molar-refractivity contribution is 0.0263. The summed E-state index contributed by atoms with van der Waals surface area (Å²) in [5.74, 6) is 1.48. The summed E-state index contributed by atoms with van der Waals surface area (Å²) in [6.45, 7) is 11.0. The van der Waals surface area contributed by atoms with Crippen molar-refractivity contribution in [3.05, 3.63) is 59.0 Å². The highest BCUT2D eigenvalue weighted by molar-refractivity contribution is 5.94. The highest BCUT2D eigenvalue weighted by atomic mass is 16.5. The summed E-state index contributed by atoms with van der Waals surface area (Å²) in [7, 11) is 0. The Labute approximate surface area is 216 Å². The predicted octanol–water partition coefficient (Wildman–Crippen LogP) is 4.64. The highest BCUT2D eigenvalue weighted by Crippen LogP contribution is 2.35. The Morgan fingerprint density at radius 1 is 1.24 bits per heavy atom. The zero-order valence-corrected chi connectivity index (χ0v) is 21.8. The third-order valence-electron chi connectivity index (χ3n) is 7.27. The van der Waals surface area contributed by atoms with Crippen LogP contribution in [0.4, 0.5) is 5.82 Å². The van der Waals surface area contributed by atoms with Crippen molar-refractivity contribution >= 4 is 16.7 Å². The Morgan fingerprint density at radius 3 is 2.76 bits per heavy atom. The Hall–Kier alpha value is -4.03. The molecule has 9 heteroatoms. The zero-order chi connectivity index (χ0) is 26.3. The molecule has 1 saturated heterocycles. The Kier molecular flexibility index (Phi) is 6.30. The second-order valence-corrected chi connectivity index (χ2v) is 10.4. The molecule has 4 aromatic rings. The first-order valence-electron chi connectivity index (χ1n) is 12.5. The van der Waals surface area contributed by atoms with E-state index in [0.717, 1.165) is 46.3 Å². The van der Waals surface area contributed by atoms with Crippen LogP contribution >= 0.6 is 0 Å². The molecule has 0 amide bonds.